The van der Waals surface area contributed by atoms with Crippen molar-refractivity contribution in [3.8, 4) is 0 Å². The lowest BCUT2D eigenvalue weighted by molar-refractivity contribution is 0.571. The van der Waals surface area contributed by atoms with Crippen molar-refractivity contribution in [2.75, 3.05) is 0 Å². The van der Waals surface area contributed by atoms with Gasteiger partial charge in [-0.3, -0.25) is 0 Å². The largest absolute Gasteiger partial charge is 0.207 e. The van der Waals surface area contributed by atoms with Gasteiger partial charge >= 0.3 is 0 Å². The van der Waals surface area contributed by atoms with Gasteiger partial charge < -0.3 is 0 Å². The molecule has 0 aliphatic carbocycles. The van der Waals surface area contributed by atoms with Crippen LogP contribution in [0.15, 0.2) is 18.2 Å². The fourth-order valence-electron chi connectivity index (χ4n) is 0.872. The van der Waals surface area contributed by atoms with Crippen LogP contribution in [0.25, 0.3) is 0 Å². The first-order chi connectivity index (χ1) is 5.00. The highest BCUT2D eigenvalue weighted by Crippen LogP contribution is 2.21. The van der Waals surface area contributed by atoms with E-state index in [9.17, 15) is 4.39 Å². The van der Waals surface area contributed by atoms with E-state index in [1.54, 1.807) is 6.07 Å². The Labute approximate surface area is 67.1 Å². The van der Waals surface area contributed by atoms with Gasteiger partial charge in [-0.25, -0.2) is 4.39 Å². The third-order valence-corrected chi connectivity index (χ3v) is 1.57. The van der Waals surface area contributed by atoms with Crippen molar-refractivity contribution in [1.29, 1.82) is 0 Å². The Balaban J connectivity index is 3.06. The average molecular weight is 151 g/mol. The van der Waals surface area contributed by atoms with Crippen LogP contribution in [0.2, 0.25) is 0 Å². The van der Waals surface area contributed by atoms with Gasteiger partial charge in [0.25, 0.3) is 0 Å². The summed E-state index contributed by atoms with van der Waals surface area (Å²) in [6.45, 7) is 6.12. The van der Waals surface area contributed by atoms with Crippen LogP contribution in [0.3, 0.4) is 0 Å². The summed E-state index contributed by atoms with van der Waals surface area (Å²) in [5.41, 5.74) is 0.903. The molecule has 0 spiro atoms. The molecule has 0 heterocycles. The Bertz CT molecular complexity index is 245. The molecule has 0 aliphatic heterocycles. The fraction of sp³-hybridized carbons (Fsp3) is 0.400. The number of hydrogen-bond acceptors (Lipinski definition) is 0. The van der Waals surface area contributed by atoms with Gasteiger partial charge in [0.1, 0.15) is 5.82 Å². The van der Waals surface area contributed by atoms with Crippen LogP contribution in [-0.2, 0) is 5.41 Å². The standard InChI is InChI=1S/C10H12F/c1-10(2,3)8-5-4-6-9(11)7-8/h4,6-7H,1-3H3. The first kappa shape index (κ1) is 8.25. The molecule has 1 radical (unpaired) electrons. The first-order valence-corrected chi connectivity index (χ1v) is 3.68. The molecule has 0 saturated heterocycles. The van der Waals surface area contributed by atoms with Crippen LogP contribution in [-0.4, -0.2) is 0 Å². The molecule has 0 amide bonds. The van der Waals surface area contributed by atoms with Crippen molar-refractivity contribution in [3.63, 3.8) is 0 Å². The minimum Gasteiger partial charge on any atom is -0.207 e. The van der Waals surface area contributed by atoms with Gasteiger partial charge in [0.15, 0.2) is 0 Å². The van der Waals surface area contributed by atoms with Crippen molar-refractivity contribution in [1.82, 2.24) is 0 Å². The summed E-state index contributed by atoms with van der Waals surface area (Å²) in [5.74, 6) is -0.186. The van der Waals surface area contributed by atoms with Crippen LogP contribution in [0.4, 0.5) is 4.39 Å². The fourth-order valence-corrected chi connectivity index (χ4v) is 0.872. The zero-order chi connectivity index (χ0) is 8.48. The Kier molecular flexibility index (Phi) is 1.99. The molecule has 0 aromatic heterocycles. The summed E-state index contributed by atoms with van der Waals surface area (Å²) in [6, 6.07) is 7.57. The molecule has 0 saturated carbocycles. The predicted molar refractivity (Wildman–Crippen MR) is 43.9 cm³/mol. The molecule has 0 bridgehead atoms. The number of benzene rings is 1. The third kappa shape index (κ3) is 2.04. The smallest absolute Gasteiger partial charge is 0.123 e. The molecule has 0 nitrogen and oxygen atoms in total. The van der Waals surface area contributed by atoms with Crippen LogP contribution < -0.4 is 0 Å². The van der Waals surface area contributed by atoms with E-state index >= 15 is 0 Å². The second kappa shape index (κ2) is 2.65. The maximum absolute atomic E-state index is 12.7. The van der Waals surface area contributed by atoms with E-state index < -0.39 is 0 Å². The second-order valence-electron chi connectivity index (χ2n) is 3.67. The SMILES string of the molecule is CC(C)(C)c1[c]ccc(F)c1. The van der Waals surface area contributed by atoms with Crippen molar-refractivity contribution in [2.24, 2.45) is 0 Å². The summed E-state index contributed by atoms with van der Waals surface area (Å²) >= 11 is 0. The van der Waals surface area contributed by atoms with Crippen molar-refractivity contribution in [3.05, 3.63) is 35.6 Å². The van der Waals surface area contributed by atoms with Gasteiger partial charge in [-0.2, -0.15) is 0 Å². The molecular formula is C10H12F. The summed E-state index contributed by atoms with van der Waals surface area (Å²) < 4.78 is 12.7. The summed E-state index contributed by atoms with van der Waals surface area (Å²) in [5, 5.41) is 0. The molecule has 11 heavy (non-hydrogen) atoms. The molecule has 1 heteroatoms. The quantitative estimate of drug-likeness (QED) is 0.534. The first-order valence-electron chi connectivity index (χ1n) is 3.68. The molecule has 1 aromatic rings. The van der Waals surface area contributed by atoms with Gasteiger partial charge in [0.05, 0.1) is 0 Å². The maximum atomic E-state index is 12.7. The van der Waals surface area contributed by atoms with E-state index in [2.05, 4.69) is 6.07 Å². The highest BCUT2D eigenvalue weighted by atomic mass is 19.1. The van der Waals surface area contributed by atoms with E-state index in [1.165, 1.54) is 12.1 Å². The van der Waals surface area contributed by atoms with E-state index in [4.69, 9.17) is 0 Å². The molecule has 0 unspecified atom stereocenters. The van der Waals surface area contributed by atoms with Crippen LogP contribution in [0.5, 0.6) is 0 Å². The van der Waals surface area contributed by atoms with Gasteiger partial charge in [0, 0.05) is 0 Å². The minimum atomic E-state index is -0.186. The number of hydrogen-bond donors (Lipinski definition) is 0. The zero-order valence-corrected chi connectivity index (χ0v) is 7.11. The van der Waals surface area contributed by atoms with Crippen LogP contribution in [0, 0.1) is 11.9 Å². The molecule has 59 valence electrons. The van der Waals surface area contributed by atoms with Gasteiger partial charge in [-0.1, -0.05) is 26.8 Å². The minimum absolute atomic E-state index is 0.0118. The highest BCUT2D eigenvalue weighted by Gasteiger charge is 2.13. The van der Waals surface area contributed by atoms with E-state index in [0.717, 1.165) is 5.56 Å². The molecule has 0 aliphatic rings. The average Bonchev–Trinajstić information content (AvgIpc) is 1.86. The van der Waals surface area contributed by atoms with E-state index in [-0.39, 0.29) is 11.2 Å². The summed E-state index contributed by atoms with van der Waals surface area (Å²) in [6.07, 6.45) is 0. The Morgan fingerprint density at radius 3 is 2.36 bits per heavy atom. The number of rotatable bonds is 0. The topological polar surface area (TPSA) is 0 Å². The van der Waals surface area contributed by atoms with Crippen molar-refractivity contribution < 1.29 is 4.39 Å². The predicted octanol–water partition coefficient (Wildman–Crippen LogP) is 2.92. The van der Waals surface area contributed by atoms with E-state index in [0.29, 0.717) is 0 Å². The van der Waals surface area contributed by atoms with E-state index in [1.807, 2.05) is 20.8 Å². The Morgan fingerprint density at radius 1 is 1.36 bits per heavy atom. The maximum Gasteiger partial charge on any atom is 0.123 e. The summed E-state index contributed by atoms with van der Waals surface area (Å²) in [7, 11) is 0. The van der Waals surface area contributed by atoms with Crippen molar-refractivity contribution in [2.45, 2.75) is 26.2 Å². The monoisotopic (exact) mass is 151 g/mol. The highest BCUT2D eigenvalue weighted by molar-refractivity contribution is 5.21. The normalized spacial score (nSPS) is 11.6. The van der Waals surface area contributed by atoms with Gasteiger partial charge in [-0.15, -0.1) is 0 Å². The lowest BCUT2D eigenvalue weighted by atomic mass is 9.87. The Morgan fingerprint density at radius 2 is 2.00 bits per heavy atom. The second-order valence-corrected chi connectivity index (χ2v) is 3.67. The van der Waals surface area contributed by atoms with Crippen molar-refractivity contribution >= 4 is 0 Å². The zero-order valence-electron chi connectivity index (χ0n) is 7.11. The molecule has 0 fully saturated rings. The molecule has 0 atom stereocenters. The molecule has 1 rings (SSSR count). The third-order valence-electron chi connectivity index (χ3n) is 1.57. The molecule has 1 aromatic carbocycles. The summed E-state index contributed by atoms with van der Waals surface area (Å²) in [4.78, 5) is 0. The van der Waals surface area contributed by atoms with Gasteiger partial charge in [0.2, 0.25) is 0 Å². The lowest BCUT2D eigenvalue weighted by Gasteiger charge is -2.17. The van der Waals surface area contributed by atoms with Crippen LogP contribution >= 0.6 is 0 Å². The van der Waals surface area contributed by atoms with Crippen LogP contribution in [0.1, 0.15) is 26.3 Å². The lowest BCUT2D eigenvalue weighted by Crippen LogP contribution is -2.11. The molecular weight excluding hydrogens is 139 g/mol. The van der Waals surface area contributed by atoms with Gasteiger partial charge in [-0.05, 0) is 29.2 Å². The molecule has 0 N–H and O–H groups in total. The number of halogens is 1. The Hall–Kier alpha value is -0.850.